The van der Waals surface area contributed by atoms with Crippen molar-refractivity contribution in [1.29, 1.82) is 0 Å². The highest BCUT2D eigenvalue weighted by Gasteiger charge is 2.35. The molecule has 4 rings (SSSR count). The summed E-state index contributed by atoms with van der Waals surface area (Å²) in [5, 5.41) is 0. The van der Waals surface area contributed by atoms with Crippen molar-refractivity contribution in [2.45, 2.75) is 26.3 Å². The molecule has 0 saturated carbocycles. The number of likely N-dealkylation sites (N-methyl/N-ethyl adjacent to an activating group) is 1. The average Bonchev–Trinajstić information content (AvgIpc) is 2.62. The van der Waals surface area contributed by atoms with Crippen LogP contribution in [0.2, 0.25) is 0 Å². The normalized spacial score (nSPS) is 22.8. The number of alkyl halides is 3. The van der Waals surface area contributed by atoms with E-state index in [1.54, 1.807) is 6.07 Å². The molecule has 0 bridgehead atoms. The Labute approximate surface area is 161 Å². The molecule has 1 unspecified atom stereocenters. The van der Waals surface area contributed by atoms with Gasteiger partial charge in [-0.2, -0.15) is 0 Å². The Morgan fingerprint density at radius 3 is 2.50 bits per heavy atom. The molecule has 9 heteroatoms. The van der Waals surface area contributed by atoms with Crippen LogP contribution in [0.15, 0.2) is 40.0 Å². The van der Waals surface area contributed by atoms with E-state index in [0.29, 0.717) is 17.2 Å². The van der Waals surface area contributed by atoms with Crippen LogP contribution >= 0.6 is 0 Å². The van der Waals surface area contributed by atoms with E-state index in [-0.39, 0.29) is 11.8 Å². The maximum Gasteiger partial charge on any atom is 0.573 e. The number of rotatable bonds is 1. The van der Waals surface area contributed by atoms with Gasteiger partial charge in [-0.25, -0.2) is 4.99 Å². The number of anilines is 1. The van der Waals surface area contributed by atoms with Gasteiger partial charge in [0.05, 0.1) is 17.4 Å². The number of aliphatic imine (C=N–C) groups is 2. The van der Waals surface area contributed by atoms with Crippen molar-refractivity contribution >= 4 is 23.0 Å². The molecule has 1 aromatic carbocycles. The lowest BCUT2D eigenvalue weighted by atomic mass is 10.1. The molecular weight excluding hydrogens is 371 g/mol. The largest absolute Gasteiger partial charge is 0.573 e. The lowest BCUT2D eigenvalue weighted by Gasteiger charge is -2.40. The van der Waals surface area contributed by atoms with Crippen LogP contribution in [0.5, 0.6) is 5.75 Å². The van der Waals surface area contributed by atoms with E-state index in [1.165, 1.54) is 12.1 Å². The van der Waals surface area contributed by atoms with Crippen molar-refractivity contribution in [3.05, 3.63) is 30.0 Å². The van der Waals surface area contributed by atoms with Crippen molar-refractivity contribution in [3.8, 4) is 5.75 Å². The monoisotopic (exact) mass is 393 g/mol. The Balaban J connectivity index is 1.77. The number of piperazine rings is 1. The van der Waals surface area contributed by atoms with E-state index in [4.69, 9.17) is 9.98 Å². The van der Waals surface area contributed by atoms with E-state index < -0.39 is 6.36 Å². The number of hydrogen-bond donors (Lipinski definition) is 0. The van der Waals surface area contributed by atoms with Gasteiger partial charge in [0.25, 0.3) is 0 Å². The molecule has 0 aliphatic carbocycles. The van der Waals surface area contributed by atoms with Crippen LogP contribution in [0.1, 0.15) is 13.8 Å². The van der Waals surface area contributed by atoms with Crippen molar-refractivity contribution in [3.63, 3.8) is 0 Å². The maximum atomic E-state index is 12.6. The predicted molar refractivity (Wildman–Crippen MR) is 102 cm³/mol. The Morgan fingerprint density at radius 2 is 1.82 bits per heavy atom. The van der Waals surface area contributed by atoms with Crippen LogP contribution in [0.25, 0.3) is 0 Å². The first kappa shape index (κ1) is 18.8. The standard InChI is InChI=1S/C19H22F3N5O/c1-12-11-27-16-10-14(28-19(20,21)22)4-5-15(16)24-17(18(27)23-13(12)2)26-8-6-25(3)7-9-26/h4-5,10-11,13H,6-9H2,1-3H3. The van der Waals surface area contributed by atoms with E-state index in [1.807, 2.05) is 24.9 Å². The average molecular weight is 393 g/mol. The number of halogens is 3. The van der Waals surface area contributed by atoms with Crippen LogP contribution in [-0.4, -0.2) is 67.1 Å². The second-order valence-corrected chi connectivity index (χ2v) is 7.30. The Bertz CT molecular complexity index is 869. The van der Waals surface area contributed by atoms with E-state index >= 15 is 0 Å². The molecule has 150 valence electrons. The number of fused-ring (bicyclic) bond motifs is 3. The second kappa shape index (κ2) is 6.80. The number of hydrogen-bond acceptors (Lipinski definition) is 6. The Morgan fingerprint density at radius 1 is 1.11 bits per heavy atom. The maximum absolute atomic E-state index is 12.6. The summed E-state index contributed by atoms with van der Waals surface area (Å²) in [4.78, 5) is 15.8. The summed E-state index contributed by atoms with van der Waals surface area (Å²) < 4.78 is 42.0. The van der Waals surface area contributed by atoms with Gasteiger partial charge >= 0.3 is 6.36 Å². The lowest BCUT2D eigenvalue weighted by Crippen LogP contribution is -2.53. The summed E-state index contributed by atoms with van der Waals surface area (Å²) in [5.74, 6) is 1.16. The summed E-state index contributed by atoms with van der Waals surface area (Å²) in [5.41, 5.74) is 2.15. The molecule has 0 radical (unpaired) electrons. The minimum atomic E-state index is -4.74. The molecule has 3 aliphatic rings. The minimum absolute atomic E-state index is 0.0138. The first-order valence-corrected chi connectivity index (χ1v) is 9.19. The van der Waals surface area contributed by atoms with E-state index in [9.17, 15) is 13.2 Å². The molecule has 1 saturated heterocycles. The zero-order chi connectivity index (χ0) is 20.1. The third kappa shape index (κ3) is 3.58. The fraction of sp³-hybridized carbons (Fsp3) is 0.474. The smallest absolute Gasteiger partial charge is 0.406 e. The fourth-order valence-corrected chi connectivity index (χ4v) is 3.45. The summed E-state index contributed by atoms with van der Waals surface area (Å²) in [6.45, 7) is 7.44. The topological polar surface area (TPSA) is 43.7 Å². The molecule has 28 heavy (non-hydrogen) atoms. The van der Waals surface area contributed by atoms with Crippen LogP contribution < -0.4 is 9.64 Å². The van der Waals surface area contributed by atoms with Gasteiger partial charge in [-0.1, -0.05) is 0 Å². The highest BCUT2D eigenvalue weighted by molar-refractivity contribution is 6.48. The zero-order valence-electron chi connectivity index (χ0n) is 16.0. The number of nitrogens with zero attached hydrogens (tertiary/aromatic N) is 5. The molecule has 0 aromatic heterocycles. The van der Waals surface area contributed by atoms with Crippen LogP contribution in [0, 0.1) is 0 Å². The zero-order valence-corrected chi connectivity index (χ0v) is 16.0. The lowest BCUT2D eigenvalue weighted by molar-refractivity contribution is -0.274. The highest BCUT2D eigenvalue weighted by atomic mass is 19.4. The molecule has 3 aliphatic heterocycles. The summed E-state index contributed by atoms with van der Waals surface area (Å²) >= 11 is 0. The van der Waals surface area contributed by atoms with Gasteiger partial charge in [0.15, 0.2) is 11.7 Å². The Hall–Kier alpha value is -2.55. The first-order valence-electron chi connectivity index (χ1n) is 9.19. The SMILES string of the molecule is CC1=CN2C(=NC1C)C(N1CCN(C)CC1)=Nc1ccc(OC(F)(F)F)cc12. The molecule has 0 amide bonds. The molecular formula is C19H22F3N5O. The predicted octanol–water partition coefficient (Wildman–Crippen LogP) is 3.39. The molecule has 0 spiro atoms. The van der Waals surface area contributed by atoms with Crippen molar-refractivity contribution in [2.75, 3.05) is 38.1 Å². The molecule has 3 heterocycles. The van der Waals surface area contributed by atoms with Crippen LogP contribution in [-0.2, 0) is 0 Å². The summed E-state index contributed by atoms with van der Waals surface area (Å²) in [6, 6.07) is 4.20. The van der Waals surface area contributed by atoms with Gasteiger partial charge in [-0.3, -0.25) is 9.89 Å². The van der Waals surface area contributed by atoms with E-state index in [0.717, 1.165) is 37.6 Å². The molecule has 1 aromatic rings. The molecule has 1 fully saturated rings. The minimum Gasteiger partial charge on any atom is -0.406 e. The number of benzene rings is 1. The van der Waals surface area contributed by atoms with Gasteiger partial charge in [-0.05, 0) is 38.6 Å². The van der Waals surface area contributed by atoms with Gasteiger partial charge < -0.3 is 14.5 Å². The van der Waals surface area contributed by atoms with Crippen molar-refractivity contribution < 1.29 is 17.9 Å². The first-order chi connectivity index (χ1) is 13.2. The van der Waals surface area contributed by atoms with Gasteiger partial charge in [0.2, 0.25) is 0 Å². The second-order valence-electron chi connectivity index (χ2n) is 7.30. The molecule has 0 N–H and O–H groups in total. The summed E-state index contributed by atoms with van der Waals surface area (Å²) in [7, 11) is 2.08. The quantitative estimate of drug-likeness (QED) is 0.734. The highest BCUT2D eigenvalue weighted by Crippen LogP contribution is 2.40. The fourth-order valence-electron chi connectivity index (χ4n) is 3.45. The number of amidine groups is 2. The van der Waals surface area contributed by atoms with Crippen LogP contribution in [0.4, 0.5) is 24.5 Å². The van der Waals surface area contributed by atoms with Crippen LogP contribution in [0.3, 0.4) is 0 Å². The van der Waals surface area contributed by atoms with Gasteiger partial charge in [-0.15, -0.1) is 13.2 Å². The number of ether oxygens (including phenoxy) is 1. The molecule has 1 atom stereocenters. The van der Waals surface area contributed by atoms with Crippen molar-refractivity contribution in [1.82, 2.24) is 9.80 Å². The third-order valence-corrected chi connectivity index (χ3v) is 5.20. The third-order valence-electron chi connectivity index (χ3n) is 5.20. The van der Waals surface area contributed by atoms with Gasteiger partial charge in [0, 0.05) is 38.4 Å². The molecule has 6 nitrogen and oxygen atoms in total. The van der Waals surface area contributed by atoms with E-state index in [2.05, 4.69) is 21.6 Å². The van der Waals surface area contributed by atoms with Crippen molar-refractivity contribution in [2.24, 2.45) is 9.98 Å². The summed E-state index contributed by atoms with van der Waals surface area (Å²) in [6.07, 6.45) is -2.82. The van der Waals surface area contributed by atoms with Gasteiger partial charge in [0.1, 0.15) is 5.75 Å². The Kier molecular flexibility index (Phi) is 4.57.